The van der Waals surface area contributed by atoms with Gasteiger partial charge in [-0.2, -0.15) is 0 Å². The zero-order chi connectivity index (χ0) is 9.97. The first-order chi connectivity index (χ1) is 6.75. The highest BCUT2D eigenvalue weighted by Crippen LogP contribution is 2.38. The number of rotatable bonds is 5. The van der Waals surface area contributed by atoms with Crippen molar-refractivity contribution in [2.75, 3.05) is 0 Å². The molecule has 1 heterocycles. The molecule has 14 heavy (non-hydrogen) atoms. The summed E-state index contributed by atoms with van der Waals surface area (Å²) in [5, 5.41) is 0.453. The van der Waals surface area contributed by atoms with Crippen molar-refractivity contribution in [2.24, 2.45) is 5.92 Å². The maximum absolute atomic E-state index is 6.25. The van der Waals surface area contributed by atoms with Gasteiger partial charge in [-0.3, -0.25) is 0 Å². The number of ether oxygens (including phenoxy) is 1. The number of halogens is 1. The summed E-state index contributed by atoms with van der Waals surface area (Å²) < 4.78 is 5.78. The first-order valence-electron chi connectivity index (χ1n) is 6.05. The molecule has 82 valence electrons. The molecule has 2 heteroatoms. The van der Waals surface area contributed by atoms with E-state index in [-0.39, 0.29) is 0 Å². The van der Waals surface area contributed by atoms with Gasteiger partial charge in [-0.1, -0.05) is 0 Å². The SMILES string of the molecule is CC1CCC(CCCC(Cl)C2CC2)O1. The molecular formula is C12H21ClO. The van der Waals surface area contributed by atoms with Crippen LogP contribution in [0.15, 0.2) is 0 Å². The van der Waals surface area contributed by atoms with Crippen LogP contribution in [0.1, 0.15) is 51.9 Å². The highest BCUT2D eigenvalue weighted by atomic mass is 35.5. The predicted molar refractivity (Wildman–Crippen MR) is 59.8 cm³/mol. The Morgan fingerprint density at radius 3 is 2.64 bits per heavy atom. The van der Waals surface area contributed by atoms with Gasteiger partial charge in [0.05, 0.1) is 12.2 Å². The third kappa shape index (κ3) is 3.13. The van der Waals surface area contributed by atoms with Crippen LogP contribution in [-0.4, -0.2) is 17.6 Å². The molecule has 2 aliphatic rings. The molecule has 1 saturated carbocycles. The van der Waals surface area contributed by atoms with Crippen molar-refractivity contribution in [3.8, 4) is 0 Å². The molecule has 0 aromatic rings. The van der Waals surface area contributed by atoms with Gasteiger partial charge in [0.1, 0.15) is 0 Å². The summed E-state index contributed by atoms with van der Waals surface area (Å²) in [5.41, 5.74) is 0. The molecule has 0 N–H and O–H groups in total. The van der Waals surface area contributed by atoms with Crippen molar-refractivity contribution < 1.29 is 4.74 Å². The Kier molecular flexibility index (Phi) is 3.73. The van der Waals surface area contributed by atoms with Gasteiger partial charge in [0, 0.05) is 5.38 Å². The van der Waals surface area contributed by atoms with Gasteiger partial charge in [-0.05, 0) is 57.8 Å². The number of hydrogen-bond donors (Lipinski definition) is 0. The van der Waals surface area contributed by atoms with Gasteiger partial charge < -0.3 is 4.74 Å². The molecule has 2 rings (SSSR count). The summed E-state index contributed by atoms with van der Waals surface area (Å²) in [6.45, 7) is 2.18. The van der Waals surface area contributed by atoms with E-state index in [2.05, 4.69) is 6.92 Å². The van der Waals surface area contributed by atoms with E-state index < -0.39 is 0 Å². The standard InChI is InChI=1S/C12H21ClO/c1-9-5-8-11(14-9)3-2-4-12(13)10-6-7-10/h9-12H,2-8H2,1H3. The first-order valence-corrected chi connectivity index (χ1v) is 6.49. The van der Waals surface area contributed by atoms with E-state index in [9.17, 15) is 0 Å². The van der Waals surface area contributed by atoms with Crippen molar-refractivity contribution in [3.63, 3.8) is 0 Å². The molecule has 2 fully saturated rings. The second-order valence-electron chi connectivity index (χ2n) is 4.93. The minimum absolute atomic E-state index is 0.453. The molecule has 0 aromatic carbocycles. The molecule has 3 unspecified atom stereocenters. The lowest BCUT2D eigenvalue weighted by molar-refractivity contribution is 0.0494. The Bertz CT molecular complexity index is 179. The van der Waals surface area contributed by atoms with E-state index in [1.165, 1.54) is 44.9 Å². The molecule has 0 radical (unpaired) electrons. The Hall–Kier alpha value is 0.250. The second-order valence-corrected chi connectivity index (χ2v) is 5.49. The molecule has 1 aliphatic carbocycles. The summed E-state index contributed by atoms with van der Waals surface area (Å²) in [6.07, 6.45) is 9.94. The summed E-state index contributed by atoms with van der Waals surface area (Å²) in [5.74, 6) is 0.847. The molecule has 3 atom stereocenters. The van der Waals surface area contributed by atoms with E-state index in [1.807, 2.05) is 0 Å². The zero-order valence-corrected chi connectivity index (χ0v) is 9.80. The van der Waals surface area contributed by atoms with Crippen molar-refractivity contribution in [3.05, 3.63) is 0 Å². The molecule has 0 spiro atoms. The Morgan fingerprint density at radius 2 is 2.07 bits per heavy atom. The lowest BCUT2D eigenvalue weighted by Crippen LogP contribution is -2.09. The van der Waals surface area contributed by atoms with Crippen molar-refractivity contribution in [1.82, 2.24) is 0 Å². The quantitative estimate of drug-likeness (QED) is 0.637. The summed E-state index contributed by atoms with van der Waals surface area (Å²) in [7, 11) is 0. The van der Waals surface area contributed by atoms with E-state index in [0.29, 0.717) is 17.6 Å². The van der Waals surface area contributed by atoms with Gasteiger partial charge >= 0.3 is 0 Å². The van der Waals surface area contributed by atoms with Crippen LogP contribution < -0.4 is 0 Å². The second kappa shape index (κ2) is 4.85. The van der Waals surface area contributed by atoms with Crippen LogP contribution in [0.25, 0.3) is 0 Å². The largest absolute Gasteiger partial charge is 0.375 e. The molecule has 1 nitrogen and oxygen atoms in total. The Morgan fingerprint density at radius 1 is 1.29 bits per heavy atom. The topological polar surface area (TPSA) is 9.23 Å². The average Bonchev–Trinajstić information content (AvgIpc) is 2.92. The van der Waals surface area contributed by atoms with E-state index >= 15 is 0 Å². The highest BCUT2D eigenvalue weighted by Gasteiger charge is 2.29. The lowest BCUT2D eigenvalue weighted by Gasteiger charge is -2.12. The number of alkyl halides is 1. The van der Waals surface area contributed by atoms with E-state index in [4.69, 9.17) is 16.3 Å². The van der Waals surface area contributed by atoms with Gasteiger partial charge in [0.2, 0.25) is 0 Å². The summed E-state index contributed by atoms with van der Waals surface area (Å²) in [6, 6.07) is 0. The maximum Gasteiger partial charge on any atom is 0.0579 e. The number of hydrogen-bond acceptors (Lipinski definition) is 1. The van der Waals surface area contributed by atoms with Crippen molar-refractivity contribution >= 4 is 11.6 Å². The van der Waals surface area contributed by atoms with Gasteiger partial charge in [0.15, 0.2) is 0 Å². The van der Waals surface area contributed by atoms with E-state index in [0.717, 1.165) is 5.92 Å². The predicted octanol–water partition coefficient (Wildman–Crippen LogP) is 3.74. The Balaban J connectivity index is 1.54. The smallest absolute Gasteiger partial charge is 0.0579 e. The molecular weight excluding hydrogens is 196 g/mol. The first kappa shape index (κ1) is 10.8. The van der Waals surface area contributed by atoms with E-state index in [1.54, 1.807) is 0 Å². The van der Waals surface area contributed by atoms with Crippen LogP contribution in [0.2, 0.25) is 0 Å². The Labute approximate surface area is 92.2 Å². The summed E-state index contributed by atoms with van der Waals surface area (Å²) >= 11 is 6.25. The highest BCUT2D eigenvalue weighted by molar-refractivity contribution is 6.20. The molecule has 0 amide bonds. The van der Waals surface area contributed by atoms with Crippen molar-refractivity contribution in [2.45, 2.75) is 69.5 Å². The third-order valence-corrected chi connectivity index (χ3v) is 4.03. The van der Waals surface area contributed by atoms with Crippen LogP contribution in [0.4, 0.5) is 0 Å². The normalized spacial score (nSPS) is 34.7. The van der Waals surface area contributed by atoms with Gasteiger partial charge in [-0.25, -0.2) is 0 Å². The molecule has 0 aromatic heterocycles. The van der Waals surface area contributed by atoms with Crippen LogP contribution in [0.3, 0.4) is 0 Å². The minimum Gasteiger partial charge on any atom is -0.375 e. The fraction of sp³-hybridized carbons (Fsp3) is 1.00. The lowest BCUT2D eigenvalue weighted by atomic mass is 10.1. The molecule has 0 bridgehead atoms. The van der Waals surface area contributed by atoms with Gasteiger partial charge in [0.25, 0.3) is 0 Å². The van der Waals surface area contributed by atoms with Crippen LogP contribution in [0.5, 0.6) is 0 Å². The molecule has 1 aliphatic heterocycles. The zero-order valence-electron chi connectivity index (χ0n) is 9.05. The van der Waals surface area contributed by atoms with Crippen LogP contribution in [-0.2, 0) is 4.74 Å². The maximum atomic E-state index is 6.25. The minimum atomic E-state index is 0.453. The fourth-order valence-corrected chi connectivity index (χ4v) is 2.74. The van der Waals surface area contributed by atoms with Crippen LogP contribution in [0, 0.1) is 5.92 Å². The average molecular weight is 217 g/mol. The molecule has 1 saturated heterocycles. The van der Waals surface area contributed by atoms with Crippen molar-refractivity contribution in [1.29, 1.82) is 0 Å². The van der Waals surface area contributed by atoms with Crippen LogP contribution >= 0.6 is 11.6 Å². The summed E-state index contributed by atoms with van der Waals surface area (Å²) in [4.78, 5) is 0. The third-order valence-electron chi connectivity index (χ3n) is 3.46. The monoisotopic (exact) mass is 216 g/mol. The van der Waals surface area contributed by atoms with Gasteiger partial charge in [-0.15, -0.1) is 11.6 Å². The fourth-order valence-electron chi connectivity index (χ4n) is 2.33.